The van der Waals surface area contributed by atoms with Crippen LogP contribution in [-0.2, 0) is 4.79 Å². The number of benzene rings is 1. The van der Waals surface area contributed by atoms with Crippen LogP contribution in [0.3, 0.4) is 0 Å². The first-order chi connectivity index (χ1) is 13.6. The topological polar surface area (TPSA) is 78.7 Å². The lowest BCUT2D eigenvalue weighted by atomic mass is 9.84. The molecule has 0 aliphatic carbocycles. The SMILES string of the molecule is Cc1c(C(=O)N2CCC3(CC2)Nc2ccccc2NC3=O)nc2ccccn12. The van der Waals surface area contributed by atoms with Gasteiger partial charge in [0.25, 0.3) is 5.91 Å². The molecule has 2 N–H and O–H groups in total. The summed E-state index contributed by atoms with van der Waals surface area (Å²) in [7, 11) is 0. The molecular weight excluding hydrogens is 354 g/mol. The molecule has 0 unspecified atom stereocenters. The number of rotatable bonds is 1. The summed E-state index contributed by atoms with van der Waals surface area (Å²) < 4.78 is 1.92. The molecule has 1 saturated heterocycles. The molecule has 2 amide bonds. The molecule has 5 rings (SSSR count). The smallest absolute Gasteiger partial charge is 0.274 e. The predicted octanol–water partition coefficient (Wildman–Crippen LogP) is 2.68. The Balaban J connectivity index is 1.36. The number of carbonyl (C=O) groups excluding carboxylic acids is 2. The first-order valence-electron chi connectivity index (χ1n) is 9.49. The van der Waals surface area contributed by atoms with Crippen LogP contribution in [0.4, 0.5) is 11.4 Å². The predicted molar refractivity (Wildman–Crippen MR) is 106 cm³/mol. The Labute approximate surface area is 162 Å². The first-order valence-corrected chi connectivity index (χ1v) is 9.49. The molecule has 4 heterocycles. The van der Waals surface area contributed by atoms with Crippen molar-refractivity contribution in [1.29, 1.82) is 0 Å². The number of likely N-dealkylation sites (tertiary alicyclic amines) is 1. The quantitative estimate of drug-likeness (QED) is 0.685. The molecule has 0 atom stereocenters. The monoisotopic (exact) mass is 375 g/mol. The van der Waals surface area contributed by atoms with E-state index in [0.29, 0.717) is 31.6 Å². The van der Waals surface area contributed by atoms with Crippen LogP contribution < -0.4 is 10.6 Å². The van der Waals surface area contributed by atoms with Gasteiger partial charge in [0, 0.05) is 19.3 Å². The van der Waals surface area contributed by atoms with Crippen LogP contribution in [0.5, 0.6) is 0 Å². The van der Waals surface area contributed by atoms with E-state index in [0.717, 1.165) is 22.7 Å². The van der Waals surface area contributed by atoms with Gasteiger partial charge in [-0.2, -0.15) is 0 Å². The largest absolute Gasteiger partial charge is 0.369 e. The fourth-order valence-corrected chi connectivity index (χ4v) is 4.17. The van der Waals surface area contributed by atoms with E-state index in [1.165, 1.54) is 0 Å². The molecule has 28 heavy (non-hydrogen) atoms. The van der Waals surface area contributed by atoms with Crippen molar-refractivity contribution in [3.8, 4) is 0 Å². The fraction of sp³-hybridized carbons (Fsp3) is 0.286. The molecule has 2 aromatic heterocycles. The summed E-state index contributed by atoms with van der Waals surface area (Å²) >= 11 is 0. The molecule has 2 aliphatic rings. The van der Waals surface area contributed by atoms with Crippen LogP contribution >= 0.6 is 0 Å². The van der Waals surface area contributed by atoms with Gasteiger partial charge in [-0.15, -0.1) is 0 Å². The molecule has 0 radical (unpaired) electrons. The van der Waals surface area contributed by atoms with Crippen LogP contribution in [0, 0.1) is 6.92 Å². The highest BCUT2D eigenvalue weighted by Gasteiger charge is 2.45. The Hall–Kier alpha value is -3.35. The number of anilines is 2. The van der Waals surface area contributed by atoms with Crippen LogP contribution in [0.1, 0.15) is 29.0 Å². The maximum atomic E-state index is 13.1. The molecule has 142 valence electrons. The molecule has 1 aromatic carbocycles. The first kappa shape index (κ1) is 16.8. The lowest BCUT2D eigenvalue weighted by molar-refractivity contribution is -0.122. The van der Waals surface area contributed by atoms with E-state index < -0.39 is 5.54 Å². The minimum Gasteiger partial charge on any atom is -0.369 e. The number of piperidine rings is 1. The average molecular weight is 375 g/mol. The van der Waals surface area contributed by atoms with Gasteiger partial charge in [-0.05, 0) is 44.0 Å². The highest BCUT2D eigenvalue weighted by atomic mass is 16.2. The van der Waals surface area contributed by atoms with E-state index >= 15 is 0 Å². The molecule has 7 heteroatoms. The molecule has 1 fully saturated rings. The Morgan fingerprint density at radius 3 is 2.54 bits per heavy atom. The normalized spacial score (nSPS) is 17.9. The van der Waals surface area contributed by atoms with Crippen molar-refractivity contribution in [2.24, 2.45) is 0 Å². The number of aryl methyl sites for hydroxylation is 1. The molecular formula is C21H21N5O2. The number of aromatic nitrogens is 2. The highest BCUT2D eigenvalue weighted by molar-refractivity contribution is 6.06. The Morgan fingerprint density at radius 1 is 1.07 bits per heavy atom. The molecule has 1 spiro atoms. The van der Waals surface area contributed by atoms with E-state index in [9.17, 15) is 9.59 Å². The van der Waals surface area contributed by atoms with E-state index in [1.54, 1.807) is 4.90 Å². The molecule has 7 nitrogen and oxygen atoms in total. The van der Waals surface area contributed by atoms with E-state index in [1.807, 2.05) is 60.0 Å². The van der Waals surface area contributed by atoms with Gasteiger partial charge in [-0.25, -0.2) is 4.98 Å². The standard InChI is InChI=1S/C21H21N5O2/c1-14-18(23-17-8-4-5-11-26(14)17)19(27)25-12-9-21(10-13-25)20(28)22-15-6-2-3-7-16(15)24-21/h2-8,11,24H,9-10,12-13H2,1H3,(H,22,28). The lowest BCUT2D eigenvalue weighted by Gasteiger charge is -2.44. The number of amides is 2. The zero-order valence-corrected chi connectivity index (χ0v) is 15.6. The Bertz CT molecular complexity index is 1100. The number of hydrogen-bond acceptors (Lipinski definition) is 4. The van der Waals surface area contributed by atoms with Gasteiger partial charge < -0.3 is 19.9 Å². The Kier molecular flexibility index (Phi) is 3.65. The van der Waals surface area contributed by atoms with E-state index in [2.05, 4.69) is 15.6 Å². The van der Waals surface area contributed by atoms with E-state index in [-0.39, 0.29) is 11.8 Å². The van der Waals surface area contributed by atoms with Crippen molar-refractivity contribution >= 4 is 28.8 Å². The molecule has 0 bridgehead atoms. The van der Waals surface area contributed by atoms with Crippen LogP contribution in [0.15, 0.2) is 48.7 Å². The summed E-state index contributed by atoms with van der Waals surface area (Å²) in [5.41, 5.74) is 3.15. The fourth-order valence-electron chi connectivity index (χ4n) is 4.17. The number of fused-ring (bicyclic) bond motifs is 2. The number of para-hydroxylation sites is 2. The molecule has 3 aromatic rings. The number of carbonyl (C=O) groups is 2. The summed E-state index contributed by atoms with van der Waals surface area (Å²) in [4.78, 5) is 32.1. The number of nitrogens with zero attached hydrogens (tertiary/aromatic N) is 3. The van der Waals surface area contributed by atoms with Gasteiger partial charge in [0.1, 0.15) is 16.9 Å². The third-order valence-corrected chi connectivity index (χ3v) is 5.86. The summed E-state index contributed by atoms with van der Waals surface area (Å²) in [6.45, 7) is 2.93. The van der Waals surface area contributed by atoms with Gasteiger partial charge in [0.15, 0.2) is 0 Å². The van der Waals surface area contributed by atoms with Crippen molar-refractivity contribution < 1.29 is 9.59 Å². The Morgan fingerprint density at radius 2 is 1.79 bits per heavy atom. The third kappa shape index (κ3) is 2.46. The van der Waals surface area contributed by atoms with Crippen LogP contribution in [-0.4, -0.2) is 44.7 Å². The molecule has 0 saturated carbocycles. The van der Waals surface area contributed by atoms with Gasteiger partial charge >= 0.3 is 0 Å². The summed E-state index contributed by atoms with van der Waals surface area (Å²) in [6, 6.07) is 13.4. The van der Waals surface area contributed by atoms with Gasteiger partial charge in [0.05, 0.1) is 17.1 Å². The minimum absolute atomic E-state index is 0.0257. The van der Waals surface area contributed by atoms with Gasteiger partial charge in [-0.3, -0.25) is 9.59 Å². The van der Waals surface area contributed by atoms with E-state index in [4.69, 9.17) is 0 Å². The summed E-state index contributed by atoms with van der Waals surface area (Å²) in [5, 5.41) is 6.43. The van der Waals surface area contributed by atoms with Gasteiger partial charge in [0.2, 0.25) is 5.91 Å². The number of imidazole rings is 1. The van der Waals surface area contributed by atoms with Crippen molar-refractivity contribution in [3.05, 3.63) is 60.0 Å². The van der Waals surface area contributed by atoms with Crippen molar-refractivity contribution in [2.45, 2.75) is 25.3 Å². The number of hydrogen-bond donors (Lipinski definition) is 2. The van der Waals surface area contributed by atoms with Crippen molar-refractivity contribution in [2.75, 3.05) is 23.7 Å². The zero-order valence-electron chi connectivity index (χ0n) is 15.6. The minimum atomic E-state index is -0.668. The third-order valence-electron chi connectivity index (χ3n) is 5.86. The maximum absolute atomic E-state index is 13.1. The van der Waals surface area contributed by atoms with Crippen LogP contribution in [0.2, 0.25) is 0 Å². The second-order valence-corrected chi connectivity index (χ2v) is 7.47. The van der Waals surface area contributed by atoms with Crippen LogP contribution in [0.25, 0.3) is 5.65 Å². The second kappa shape index (κ2) is 6.09. The summed E-state index contributed by atoms with van der Waals surface area (Å²) in [6.07, 6.45) is 3.03. The number of nitrogens with one attached hydrogen (secondary N) is 2. The average Bonchev–Trinajstić information content (AvgIpc) is 3.06. The lowest BCUT2D eigenvalue weighted by Crippen LogP contribution is -2.59. The van der Waals surface area contributed by atoms with Crippen molar-refractivity contribution in [1.82, 2.24) is 14.3 Å². The van der Waals surface area contributed by atoms with Crippen molar-refractivity contribution in [3.63, 3.8) is 0 Å². The zero-order chi connectivity index (χ0) is 19.3. The summed E-state index contributed by atoms with van der Waals surface area (Å²) in [5.74, 6) is -0.102. The molecule has 2 aliphatic heterocycles. The van der Waals surface area contributed by atoms with Gasteiger partial charge in [-0.1, -0.05) is 18.2 Å². The maximum Gasteiger partial charge on any atom is 0.274 e. The number of pyridine rings is 1. The highest BCUT2D eigenvalue weighted by Crippen LogP contribution is 2.36. The second-order valence-electron chi connectivity index (χ2n) is 7.47.